The van der Waals surface area contributed by atoms with Crippen LogP contribution in [0.4, 0.5) is 0 Å². The molecule has 0 fully saturated rings. The standard InChI is InChI=1S/C11H16O3/c1-3-5-11(2,10(12)13)7-9-4-6-14-8-9/h4,6,8H,3,5,7H2,1-2H3,(H,12,13). The van der Waals surface area contributed by atoms with Gasteiger partial charge in [-0.05, 0) is 31.4 Å². The number of hydrogen-bond acceptors (Lipinski definition) is 2. The summed E-state index contributed by atoms with van der Waals surface area (Å²) in [5.74, 6) is -0.736. The lowest BCUT2D eigenvalue weighted by Gasteiger charge is -2.23. The quantitative estimate of drug-likeness (QED) is 0.787. The fourth-order valence-corrected chi connectivity index (χ4v) is 1.67. The molecular weight excluding hydrogens is 180 g/mol. The van der Waals surface area contributed by atoms with Gasteiger partial charge in [-0.1, -0.05) is 13.3 Å². The second-order valence-electron chi connectivity index (χ2n) is 3.92. The highest BCUT2D eigenvalue weighted by Gasteiger charge is 2.32. The average molecular weight is 196 g/mol. The first kappa shape index (κ1) is 10.8. The molecule has 0 radical (unpaired) electrons. The number of carbonyl (C=O) groups is 1. The lowest BCUT2D eigenvalue weighted by molar-refractivity contribution is -0.148. The second kappa shape index (κ2) is 4.31. The van der Waals surface area contributed by atoms with Gasteiger partial charge in [-0.3, -0.25) is 4.79 Å². The third-order valence-electron chi connectivity index (χ3n) is 2.49. The van der Waals surface area contributed by atoms with E-state index in [4.69, 9.17) is 9.52 Å². The van der Waals surface area contributed by atoms with Gasteiger partial charge in [0.05, 0.1) is 17.9 Å². The van der Waals surface area contributed by atoms with E-state index in [1.807, 2.05) is 13.0 Å². The minimum Gasteiger partial charge on any atom is -0.481 e. The molecule has 1 rings (SSSR count). The molecule has 3 heteroatoms. The molecule has 1 atom stereocenters. The van der Waals surface area contributed by atoms with Crippen molar-refractivity contribution in [3.05, 3.63) is 24.2 Å². The molecule has 0 saturated heterocycles. The Balaban J connectivity index is 2.74. The molecule has 0 aliphatic rings. The first-order valence-corrected chi connectivity index (χ1v) is 4.83. The lowest BCUT2D eigenvalue weighted by atomic mass is 9.80. The van der Waals surface area contributed by atoms with Gasteiger partial charge in [0.25, 0.3) is 0 Å². The van der Waals surface area contributed by atoms with Crippen LogP contribution < -0.4 is 0 Å². The highest BCUT2D eigenvalue weighted by atomic mass is 16.4. The van der Waals surface area contributed by atoms with Crippen LogP contribution in [-0.4, -0.2) is 11.1 Å². The monoisotopic (exact) mass is 196 g/mol. The zero-order chi connectivity index (χ0) is 10.6. The van der Waals surface area contributed by atoms with E-state index in [-0.39, 0.29) is 0 Å². The van der Waals surface area contributed by atoms with E-state index in [1.165, 1.54) is 0 Å². The summed E-state index contributed by atoms with van der Waals surface area (Å²) in [5, 5.41) is 9.13. The van der Waals surface area contributed by atoms with E-state index in [2.05, 4.69) is 0 Å². The van der Waals surface area contributed by atoms with Crippen LogP contribution >= 0.6 is 0 Å². The highest BCUT2D eigenvalue weighted by Crippen LogP contribution is 2.28. The van der Waals surface area contributed by atoms with E-state index >= 15 is 0 Å². The molecule has 1 aromatic heterocycles. The molecule has 0 aromatic carbocycles. The Morgan fingerprint density at radius 1 is 1.64 bits per heavy atom. The first-order chi connectivity index (χ1) is 6.58. The van der Waals surface area contributed by atoms with Crippen molar-refractivity contribution in [3.8, 4) is 0 Å². The normalized spacial score (nSPS) is 15.0. The molecule has 0 aliphatic carbocycles. The van der Waals surface area contributed by atoms with Crippen molar-refractivity contribution in [1.82, 2.24) is 0 Å². The van der Waals surface area contributed by atoms with Crippen LogP contribution in [0.15, 0.2) is 23.0 Å². The summed E-state index contributed by atoms with van der Waals surface area (Å²) in [6.45, 7) is 3.78. The molecule has 3 nitrogen and oxygen atoms in total. The molecule has 0 bridgehead atoms. The van der Waals surface area contributed by atoms with Gasteiger partial charge >= 0.3 is 5.97 Å². The number of carboxylic acid groups (broad SMARTS) is 1. The Labute approximate surface area is 83.7 Å². The minimum absolute atomic E-state index is 0.534. The van der Waals surface area contributed by atoms with Gasteiger partial charge in [-0.25, -0.2) is 0 Å². The zero-order valence-electron chi connectivity index (χ0n) is 8.62. The fraction of sp³-hybridized carbons (Fsp3) is 0.545. The molecule has 14 heavy (non-hydrogen) atoms. The molecule has 1 N–H and O–H groups in total. The van der Waals surface area contributed by atoms with Gasteiger partial charge in [-0.2, -0.15) is 0 Å². The Morgan fingerprint density at radius 3 is 2.79 bits per heavy atom. The summed E-state index contributed by atoms with van der Waals surface area (Å²) in [5.41, 5.74) is 0.280. The summed E-state index contributed by atoms with van der Waals surface area (Å²) in [7, 11) is 0. The summed E-state index contributed by atoms with van der Waals surface area (Å²) < 4.78 is 4.93. The highest BCUT2D eigenvalue weighted by molar-refractivity contribution is 5.74. The average Bonchev–Trinajstić information content (AvgIpc) is 2.56. The van der Waals surface area contributed by atoms with E-state index in [0.29, 0.717) is 12.8 Å². The zero-order valence-corrected chi connectivity index (χ0v) is 8.62. The third-order valence-corrected chi connectivity index (χ3v) is 2.49. The predicted molar refractivity (Wildman–Crippen MR) is 53.1 cm³/mol. The van der Waals surface area contributed by atoms with Gasteiger partial charge in [0.2, 0.25) is 0 Å². The molecule has 1 aromatic rings. The van der Waals surface area contributed by atoms with Gasteiger partial charge in [0, 0.05) is 0 Å². The fourth-order valence-electron chi connectivity index (χ4n) is 1.67. The van der Waals surface area contributed by atoms with Crippen LogP contribution in [0.5, 0.6) is 0 Å². The van der Waals surface area contributed by atoms with E-state index in [0.717, 1.165) is 12.0 Å². The Bertz CT molecular complexity index is 289. The van der Waals surface area contributed by atoms with Crippen LogP contribution in [0.2, 0.25) is 0 Å². The molecular formula is C11H16O3. The van der Waals surface area contributed by atoms with E-state index < -0.39 is 11.4 Å². The minimum atomic E-state index is -0.736. The molecule has 0 spiro atoms. The van der Waals surface area contributed by atoms with Gasteiger partial charge in [0.15, 0.2) is 0 Å². The second-order valence-corrected chi connectivity index (χ2v) is 3.92. The van der Waals surface area contributed by atoms with Crippen LogP contribution in [0, 0.1) is 5.41 Å². The Kier molecular flexibility index (Phi) is 3.33. The van der Waals surface area contributed by atoms with Gasteiger partial charge in [-0.15, -0.1) is 0 Å². The van der Waals surface area contributed by atoms with Crippen molar-refractivity contribution in [2.75, 3.05) is 0 Å². The van der Waals surface area contributed by atoms with E-state index in [9.17, 15) is 4.79 Å². The van der Waals surface area contributed by atoms with Crippen LogP contribution in [0.3, 0.4) is 0 Å². The largest absolute Gasteiger partial charge is 0.481 e. The topological polar surface area (TPSA) is 50.4 Å². The van der Waals surface area contributed by atoms with Gasteiger partial charge in [0.1, 0.15) is 0 Å². The summed E-state index contributed by atoms with van der Waals surface area (Å²) in [6.07, 6.45) is 5.28. The molecule has 78 valence electrons. The van der Waals surface area contributed by atoms with Crippen molar-refractivity contribution in [2.24, 2.45) is 5.41 Å². The van der Waals surface area contributed by atoms with Gasteiger partial charge < -0.3 is 9.52 Å². The maximum Gasteiger partial charge on any atom is 0.309 e. The van der Waals surface area contributed by atoms with Crippen molar-refractivity contribution >= 4 is 5.97 Å². The Morgan fingerprint density at radius 2 is 2.36 bits per heavy atom. The number of furan rings is 1. The van der Waals surface area contributed by atoms with Crippen LogP contribution in [-0.2, 0) is 11.2 Å². The smallest absolute Gasteiger partial charge is 0.309 e. The lowest BCUT2D eigenvalue weighted by Crippen LogP contribution is -2.29. The van der Waals surface area contributed by atoms with Crippen molar-refractivity contribution in [3.63, 3.8) is 0 Å². The SMILES string of the molecule is CCCC(C)(Cc1ccoc1)C(=O)O. The van der Waals surface area contributed by atoms with Crippen molar-refractivity contribution in [1.29, 1.82) is 0 Å². The summed E-state index contributed by atoms with van der Waals surface area (Å²) >= 11 is 0. The summed E-state index contributed by atoms with van der Waals surface area (Å²) in [4.78, 5) is 11.1. The molecule has 1 unspecified atom stereocenters. The molecule has 1 heterocycles. The van der Waals surface area contributed by atoms with Crippen molar-refractivity contribution in [2.45, 2.75) is 33.1 Å². The van der Waals surface area contributed by atoms with Crippen LogP contribution in [0.25, 0.3) is 0 Å². The molecule has 0 aliphatic heterocycles. The summed E-state index contributed by atoms with van der Waals surface area (Å²) in [6, 6.07) is 1.82. The maximum atomic E-state index is 11.1. The Hall–Kier alpha value is -1.25. The number of carboxylic acids is 1. The third kappa shape index (κ3) is 2.37. The number of aliphatic carboxylic acids is 1. The number of rotatable bonds is 5. The molecule has 0 saturated carbocycles. The van der Waals surface area contributed by atoms with E-state index in [1.54, 1.807) is 19.5 Å². The van der Waals surface area contributed by atoms with Crippen LogP contribution in [0.1, 0.15) is 32.3 Å². The molecule has 0 amide bonds. The maximum absolute atomic E-state index is 11.1. The number of hydrogen-bond donors (Lipinski definition) is 1. The first-order valence-electron chi connectivity index (χ1n) is 4.83. The van der Waals surface area contributed by atoms with Crippen molar-refractivity contribution < 1.29 is 14.3 Å². The predicted octanol–water partition coefficient (Wildman–Crippen LogP) is 2.71.